The summed E-state index contributed by atoms with van der Waals surface area (Å²) >= 11 is 6.31. The van der Waals surface area contributed by atoms with E-state index in [1.165, 1.54) is 25.9 Å². The van der Waals surface area contributed by atoms with Gasteiger partial charge in [-0.25, -0.2) is 15.0 Å². The van der Waals surface area contributed by atoms with Gasteiger partial charge in [-0.3, -0.25) is 19.7 Å². The zero-order chi connectivity index (χ0) is 43.7. The zero-order valence-corrected chi connectivity index (χ0v) is 37.0. The van der Waals surface area contributed by atoms with Gasteiger partial charge in [-0.2, -0.15) is 5.26 Å². The molecule has 13 nitrogen and oxygen atoms in total. The molecule has 0 aliphatic carbocycles. The number of benzene rings is 2. The third kappa shape index (κ3) is 9.39. The van der Waals surface area contributed by atoms with Gasteiger partial charge in [-0.05, 0) is 135 Å². The minimum Gasteiger partial charge on any atom is -0.487 e. The lowest BCUT2D eigenvalue weighted by Gasteiger charge is -2.42. The fourth-order valence-electron chi connectivity index (χ4n) is 10.4. The number of imide groups is 1. The van der Waals surface area contributed by atoms with E-state index in [1.807, 2.05) is 48.7 Å². The van der Waals surface area contributed by atoms with Gasteiger partial charge in [0.2, 0.25) is 17.8 Å². The van der Waals surface area contributed by atoms with E-state index in [1.54, 1.807) is 11.0 Å². The average molecular weight is 870 g/mol. The van der Waals surface area contributed by atoms with E-state index in [4.69, 9.17) is 26.3 Å². The molecule has 9 rings (SSSR count). The van der Waals surface area contributed by atoms with Gasteiger partial charge in [-0.1, -0.05) is 37.6 Å². The number of rotatable bonds is 11. The van der Waals surface area contributed by atoms with Gasteiger partial charge in [-0.15, -0.1) is 0 Å². The molecule has 2 aromatic carbocycles. The van der Waals surface area contributed by atoms with Gasteiger partial charge in [0, 0.05) is 55.8 Å². The van der Waals surface area contributed by atoms with E-state index in [0.717, 1.165) is 110 Å². The fourth-order valence-corrected chi connectivity index (χ4v) is 10.6. The van der Waals surface area contributed by atoms with Gasteiger partial charge in [0.05, 0.1) is 35.1 Å². The molecule has 2 aromatic heterocycles. The van der Waals surface area contributed by atoms with Gasteiger partial charge < -0.3 is 24.3 Å². The van der Waals surface area contributed by atoms with Crippen LogP contribution in [0.4, 0.5) is 11.8 Å². The molecule has 5 aliphatic rings. The topological polar surface area (TPSA) is 148 Å². The number of fused-ring (bicyclic) bond motifs is 1. The van der Waals surface area contributed by atoms with Crippen molar-refractivity contribution < 1.29 is 19.1 Å². The molecular weight excluding hydrogens is 814 g/mol. The normalized spacial score (nSPS) is 20.8. The maximum Gasteiger partial charge on any atom is 0.256 e. The minimum absolute atomic E-state index is 0.179. The Labute approximate surface area is 374 Å². The molecule has 0 saturated carbocycles. The van der Waals surface area contributed by atoms with Crippen molar-refractivity contribution in [2.75, 3.05) is 55.6 Å². The molecule has 328 valence electrons. The number of anilines is 2. The average Bonchev–Trinajstić information content (AvgIpc) is 3.63. The summed E-state index contributed by atoms with van der Waals surface area (Å²) in [4.78, 5) is 60.6. The predicted molar refractivity (Wildman–Crippen MR) is 240 cm³/mol. The summed E-state index contributed by atoms with van der Waals surface area (Å²) in [5.41, 5.74) is 4.43. The second-order valence-electron chi connectivity index (χ2n) is 18.6. The van der Waals surface area contributed by atoms with Crippen molar-refractivity contribution >= 4 is 41.1 Å². The molecular formula is C49H56ClN9O4. The quantitative estimate of drug-likeness (QED) is 0.157. The summed E-state index contributed by atoms with van der Waals surface area (Å²) in [7, 11) is 0. The summed E-state index contributed by atoms with van der Waals surface area (Å²) < 4.78 is 6.16. The van der Waals surface area contributed by atoms with Crippen molar-refractivity contribution in [3.05, 3.63) is 106 Å². The predicted octanol–water partition coefficient (Wildman–Crippen LogP) is 6.91. The molecule has 1 N–H and O–H groups in total. The molecule has 4 aromatic rings. The van der Waals surface area contributed by atoms with Crippen LogP contribution in [0.1, 0.15) is 104 Å². The number of nitriles is 1. The van der Waals surface area contributed by atoms with Crippen LogP contribution in [-0.2, 0) is 28.2 Å². The Hall–Kier alpha value is -5.58. The summed E-state index contributed by atoms with van der Waals surface area (Å²) in [5, 5.41) is 12.4. The van der Waals surface area contributed by atoms with E-state index in [0.29, 0.717) is 41.6 Å². The van der Waals surface area contributed by atoms with E-state index in [9.17, 15) is 19.6 Å². The van der Waals surface area contributed by atoms with Crippen molar-refractivity contribution in [2.24, 2.45) is 17.8 Å². The summed E-state index contributed by atoms with van der Waals surface area (Å²) in [6, 6.07) is 20.9. The molecule has 3 amide bonds. The second-order valence-corrected chi connectivity index (χ2v) is 19.0. The van der Waals surface area contributed by atoms with Crippen molar-refractivity contribution in [2.45, 2.75) is 89.8 Å². The molecule has 63 heavy (non-hydrogen) atoms. The fraction of sp³-hybridized carbons (Fsp3) is 0.490. The summed E-state index contributed by atoms with van der Waals surface area (Å²) in [6.45, 7) is 12.3. The highest BCUT2D eigenvalue weighted by molar-refractivity contribution is 6.30. The SMILES string of the molecule is CC(C)(c1ccc(OCc2ccnc(N3CCC(CN4CCC(C5CCN(c6ccc7c(n6)CN(C6CCC(=O)NC6=O)C7=O)CC5)CC4)CC3)n2)cc1)c1cc(Cl)cc(C#N)c1. The van der Waals surface area contributed by atoms with Crippen LogP contribution >= 0.6 is 11.6 Å². The number of hydrogen-bond acceptors (Lipinski definition) is 11. The maximum absolute atomic E-state index is 13.1. The Morgan fingerprint density at radius 3 is 2.25 bits per heavy atom. The molecule has 5 aliphatic heterocycles. The standard InChI is InChI=1S/C49H56ClN9O4/c1-49(2,37-25-33(28-51)26-38(50)27-37)36-3-5-40(6-4-36)63-31-39-11-18-52-48(53-39)58-21-12-32(13-22-58)29-56-19-14-34(15-20-56)35-16-23-57(24-17-35)44-9-7-41-42(54-44)30-59(47(41)62)43-8-10-45(60)55-46(43)61/h3-7,9,11,18,25-27,32,34-35,43H,8,10,12-17,19-24,29-31H2,1-2H3,(H,55,60,61). The van der Waals surface area contributed by atoms with Crippen LogP contribution in [0.15, 0.2) is 66.9 Å². The first kappa shape index (κ1) is 42.7. The number of hydrogen-bond donors (Lipinski definition) is 1. The lowest BCUT2D eigenvalue weighted by molar-refractivity contribution is -0.136. The molecule has 0 radical (unpaired) electrons. The van der Waals surface area contributed by atoms with Gasteiger partial charge >= 0.3 is 0 Å². The molecule has 4 fully saturated rings. The number of ether oxygens (including phenoxy) is 1. The third-order valence-electron chi connectivity index (χ3n) is 14.3. The lowest BCUT2D eigenvalue weighted by Crippen LogP contribution is -2.52. The molecule has 4 saturated heterocycles. The lowest BCUT2D eigenvalue weighted by atomic mass is 9.78. The number of likely N-dealkylation sites (tertiary alicyclic amines) is 1. The van der Waals surface area contributed by atoms with Gasteiger partial charge in [0.25, 0.3) is 5.91 Å². The Bertz CT molecular complexity index is 2380. The monoisotopic (exact) mass is 869 g/mol. The van der Waals surface area contributed by atoms with Crippen LogP contribution in [0, 0.1) is 29.1 Å². The van der Waals surface area contributed by atoms with E-state index in [-0.39, 0.29) is 23.7 Å². The van der Waals surface area contributed by atoms with Crippen molar-refractivity contribution in [3.63, 3.8) is 0 Å². The van der Waals surface area contributed by atoms with E-state index in [2.05, 4.69) is 57.0 Å². The molecule has 0 bridgehead atoms. The minimum atomic E-state index is -0.624. The summed E-state index contributed by atoms with van der Waals surface area (Å²) in [6.07, 6.45) is 9.54. The smallest absolute Gasteiger partial charge is 0.256 e. The molecule has 0 spiro atoms. The van der Waals surface area contributed by atoms with Crippen LogP contribution in [0.5, 0.6) is 5.75 Å². The van der Waals surface area contributed by atoms with Crippen molar-refractivity contribution in [1.82, 2.24) is 30.1 Å². The number of aromatic nitrogens is 3. The molecule has 7 heterocycles. The first-order chi connectivity index (χ1) is 30.5. The zero-order valence-electron chi connectivity index (χ0n) is 36.3. The summed E-state index contributed by atoms with van der Waals surface area (Å²) in [5.74, 6) is 3.76. The first-order valence-electron chi connectivity index (χ1n) is 22.6. The Kier molecular flexibility index (Phi) is 12.4. The van der Waals surface area contributed by atoms with Crippen LogP contribution in [0.2, 0.25) is 5.02 Å². The number of amides is 3. The van der Waals surface area contributed by atoms with Crippen LogP contribution in [0.3, 0.4) is 0 Å². The number of carbonyl (C=O) groups excluding carboxylic acids is 3. The number of carbonyl (C=O) groups is 3. The van der Waals surface area contributed by atoms with E-state index < -0.39 is 11.9 Å². The second kappa shape index (κ2) is 18.3. The van der Waals surface area contributed by atoms with Gasteiger partial charge in [0.1, 0.15) is 24.2 Å². The maximum atomic E-state index is 13.1. The highest BCUT2D eigenvalue weighted by Crippen LogP contribution is 2.37. The number of piperidine rings is 4. The highest BCUT2D eigenvalue weighted by atomic mass is 35.5. The molecule has 1 atom stereocenters. The van der Waals surface area contributed by atoms with Crippen LogP contribution in [-0.4, -0.2) is 94.3 Å². The Balaban J connectivity index is 0.691. The van der Waals surface area contributed by atoms with Crippen LogP contribution in [0.25, 0.3) is 0 Å². The molecule has 14 heteroatoms. The third-order valence-corrected chi connectivity index (χ3v) is 14.6. The van der Waals surface area contributed by atoms with Crippen molar-refractivity contribution in [1.29, 1.82) is 5.26 Å². The van der Waals surface area contributed by atoms with Gasteiger partial charge in [0.15, 0.2) is 0 Å². The Morgan fingerprint density at radius 2 is 1.54 bits per heavy atom. The number of halogens is 1. The number of nitrogens with one attached hydrogen (secondary N) is 1. The first-order valence-corrected chi connectivity index (χ1v) is 23.0. The van der Waals surface area contributed by atoms with E-state index >= 15 is 0 Å². The number of nitrogens with zero attached hydrogens (tertiary/aromatic N) is 8. The molecule has 1 unspecified atom stereocenters. The number of pyridine rings is 1. The van der Waals surface area contributed by atoms with Crippen LogP contribution < -0.4 is 19.9 Å². The largest absolute Gasteiger partial charge is 0.487 e. The highest BCUT2D eigenvalue weighted by Gasteiger charge is 2.40. The van der Waals surface area contributed by atoms with Crippen molar-refractivity contribution in [3.8, 4) is 11.8 Å². The Morgan fingerprint density at radius 1 is 0.825 bits per heavy atom.